The molecule has 0 aliphatic rings. The highest BCUT2D eigenvalue weighted by Gasteiger charge is 2.34. The summed E-state index contributed by atoms with van der Waals surface area (Å²) in [7, 11) is 0. The monoisotopic (exact) mass is 345 g/mol. The van der Waals surface area contributed by atoms with Gasteiger partial charge >= 0.3 is 6.09 Å². The molecule has 5 nitrogen and oxygen atoms in total. The highest BCUT2D eigenvalue weighted by atomic mass is 32.2. The van der Waals surface area contributed by atoms with Crippen LogP contribution >= 0.6 is 11.8 Å². The molecule has 1 N–H and O–H groups in total. The average Bonchev–Trinajstić information content (AvgIpc) is 2.29. The van der Waals surface area contributed by atoms with Crippen molar-refractivity contribution >= 4 is 28.8 Å². The van der Waals surface area contributed by atoms with Crippen LogP contribution < -0.4 is 5.32 Å². The number of Topliss-reactive ketones (excluding diaryl/α,β-unsaturated/α-hetero) is 1. The van der Waals surface area contributed by atoms with Gasteiger partial charge in [0.15, 0.2) is 10.9 Å². The van der Waals surface area contributed by atoms with E-state index >= 15 is 0 Å². The molecule has 0 heterocycles. The lowest BCUT2D eigenvalue weighted by molar-refractivity contribution is -0.130. The number of amides is 1. The Bertz CT molecular complexity index is 446. The van der Waals surface area contributed by atoms with E-state index in [0.717, 1.165) is 11.8 Å². The Kier molecular flexibility index (Phi) is 7.81. The second-order valence-corrected chi connectivity index (χ2v) is 9.86. The molecular weight excluding hydrogens is 314 g/mol. The van der Waals surface area contributed by atoms with Crippen molar-refractivity contribution in [1.82, 2.24) is 5.32 Å². The number of thioether (sulfide) groups is 1. The van der Waals surface area contributed by atoms with Gasteiger partial charge in [-0.05, 0) is 33.6 Å². The Hall–Kier alpha value is -1.04. The molecule has 23 heavy (non-hydrogen) atoms. The predicted octanol–water partition coefficient (Wildman–Crippen LogP) is 3.80. The standard InChI is InChI=1S/C17H31NO4S/c1-10(2)12(18-15(21)22-16(4,5)6)13(19)11(3)14(20)23-17(7,8)9/h10-12H,1-9H3,(H,18,21)/t11?,12-/m0/s1. The third kappa shape index (κ3) is 8.98. The average molecular weight is 346 g/mol. The zero-order valence-electron chi connectivity index (χ0n) is 15.8. The van der Waals surface area contributed by atoms with Crippen molar-refractivity contribution in [2.24, 2.45) is 11.8 Å². The fourth-order valence-electron chi connectivity index (χ4n) is 1.78. The highest BCUT2D eigenvalue weighted by molar-refractivity contribution is 8.14. The van der Waals surface area contributed by atoms with Crippen LogP contribution in [0, 0.1) is 11.8 Å². The molecule has 1 unspecified atom stereocenters. The van der Waals surface area contributed by atoms with Crippen LogP contribution in [0.3, 0.4) is 0 Å². The van der Waals surface area contributed by atoms with Gasteiger partial charge in [0.1, 0.15) is 5.60 Å². The van der Waals surface area contributed by atoms with E-state index in [2.05, 4.69) is 5.32 Å². The van der Waals surface area contributed by atoms with Crippen molar-refractivity contribution in [2.75, 3.05) is 0 Å². The summed E-state index contributed by atoms with van der Waals surface area (Å²) < 4.78 is 4.94. The number of ether oxygens (including phenoxy) is 1. The molecule has 0 radical (unpaired) electrons. The van der Waals surface area contributed by atoms with Gasteiger partial charge in [-0.1, -0.05) is 46.4 Å². The fourth-order valence-corrected chi connectivity index (χ4v) is 2.67. The Labute approximate surface area is 144 Å². The van der Waals surface area contributed by atoms with Gasteiger partial charge < -0.3 is 10.1 Å². The topological polar surface area (TPSA) is 72.5 Å². The van der Waals surface area contributed by atoms with Crippen LogP contribution in [-0.4, -0.2) is 33.4 Å². The maximum atomic E-state index is 12.6. The Morgan fingerprint density at radius 2 is 1.43 bits per heavy atom. The van der Waals surface area contributed by atoms with Crippen molar-refractivity contribution in [3.05, 3.63) is 0 Å². The number of carbonyl (C=O) groups excluding carboxylic acids is 3. The maximum absolute atomic E-state index is 12.6. The summed E-state index contributed by atoms with van der Waals surface area (Å²) in [6.07, 6.45) is -0.646. The van der Waals surface area contributed by atoms with Gasteiger partial charge in [0.2, 0.25) is 0 Å². The Balaban J connectivity index is 4.99. The molecule has 0 saturated heterocycles. The largest absolute Gasteiger partial charge is 0.444 e. The Morgan fingerprint density at radius 3 is 1.78 bits per heavy atom. The van der Waals surface area contributed by atoms with E-state index < -0.39 is 23.7 Å². The molecule has 134 valence electrons. The number of hydrogen-bond donors (Lipinski definition) is 1. The van der Waals surface area contributed by atoms with Gasteiger partial charge in [-0.15, -0.1) is 0 Å². The van der Waals surface area contributed by atoms with Gasteiger partial charge in [-0.2, -0.15) is 0 Å². The van der Waals surface area contributed by atoms with Gasteiger partial charge in [0.05, 0.1) is 12.0 Å². The number of alkyl carbamates (subject to hydrolysis) is 1. The normalized spacial score (nSPS) is 15.0. The Morgan fingerprint density at radius 1 is 0.957 bits per heavy atom. The van der Waals surface area contributed by atoms with Crippen LogP contribution in [0.4, 0.5) is 4.79 Å². The van der Waals surface area contributed by atoms with E-state index in [1.54, 1.807) is 27.7 Å². The molecule has 0 aromatic rings. The summed E-state index contributed by atoms with van der Waals surface area (Å²) in [5.41, 5.74) is -0.641. The third-order valence-corrected chi connectivity index (χ3v) is 4.00. The van der Waals surface area contributed by atoms with Crippen LogP contribution in [-0.2, 0) is 14.3 Å². The SMILES string of the molecule is CC(C(=O)SC(C)(C)C)C(=O)[C@@H](NC(=O)OC(C)(C)C)C(C)C. The molecule has 2 atom stereocenters. The lowest BCUT2D eigenvalue weighted by Crippen LogP contribution is -2.49. The minimum Gasteiger partial charge on any atom is -0.444 e. The van der Waals surface area contributed by atoms with E-state index in [4.69, 9.17) is 4.74 Å². The van der Waals surface area contributed by atoms with Crippen molar-refractivity contribution in [3.63, 3.8) is 0 Å². The van der Waals surface area contributed by atoms with Crippen molar-refractivity contribution < 1.29 is 19.1 Å². The smallest absolute Gasteiger partial charge is 0.408 e. The first-order valence-corrected chi connectivity index (χ1v) is 8.72. The first-order chi connectivity index (χ1) is 10.1. The first kappa shape index (κ1) is 22.0. The second kappa shape index (κ2) is 8.18. The van der Waals surface area contributed by atoms with E-state index in [9.17, 15) is 14.4 Å². The maximum Gasteiger partial charge on any atom is 0.408 e. The molecule has 0 saturated carbocycles. The van der Waals surface area contributed by atoms with Gasteiger partial charge in [-0.25, -0.2) is 4.79 Å². The number of hydrogen-bond acceptors (Lipinski definition) is 5. The van der Waals surface area contributed by atoms with Crippen molar-refractivity contribution in [1.29, 1.82) is 0 Å². The van der Waals surface area contributed by atoms with E-state index in [-0.39, 0.29) is 21.6 Å². The molecular formula is C17H31NO4S. The zero-order valence-corrected chi connectivity index (χ0v) is 16.6. The fraction of sp³-hybridized carbons (Fsp3) is 0.824. The molecule has 0 aliphatic heterocycles. The molecule has 0 aliphatic carbocycles. The second-order valence-electron chi connectivity index (χ2n) is 8.03. The van der Waals surface area contributed by atoms with E-state index in [1.165, 1.54) is 0 Å². The summed E-state index contributed by atoms with van der Waals surface area (Å²) in [6.45, 7) is 16.3. The number of nitrogens with one attached hydrogen (secondary N) is 1. The summed E-state index contributed by atoms with van der Waals surface area (Å²) in [5, 5.41) is 2.42. The van der Waals surface area contributed by atoms with Crippen LogP contribution in [0.25, 0.3) is 0 Å². The van der Waals surface area contributed by atoms with E-state index in [1.807, 2.05) is 34.6 Å². The highest BCUT2D eigenvalue weighted by Crippen LogP contribution is 2.28. The van der Waals surface area contributed by atoms with Gasteiger partial charge in [0.25, 0.3) is 0 Å². The minimum atomic E-state index is -0.776. The third-order valence-electron chi connectivity index (χ3n) is 2.83. The van der Waals surface area contributed by atoms with Gasteiger partial charge in [0, 0.05) is 4.75 Å². The number of ketones is 1. The lowest BCUT2D eigenvalue weighted by atomic mass is 9.93. The molecule has 0 rings (SSSR count). The van der Waals surface area contributed by atoms with Crippen LogP contribution in [0.1, 0.15) is 62.3 Å². The van der Waals surface area contributed by atoms with Crippen LogP contribution in [0.5, 0.6) is 0 Å². The quantitative estimate of drug-likeness (QED) is 0.767. The zero-order chi connectivity index (χ0) is 18.6. The van der Waals surface area contributed by atoms with Crippen molar-refractivity contribution in [3.8, 4) is 0 Å². The molecule has 1 amide bonds. The predicted molar refractivity (Wildman–Crippen MR) is 94.5 cm³/mol. The van der Waals surface area contributed by atoms with Crippen LogP contribution in [0.15, 0.2) is 0 Å². The van der Waals surface area contributed by atoms with E-state index in [0.29, 0.717) is 0 Å². The summed E-state index contributed by atoms with van der Waals surface area (Å²) in [6, 6.07) is -0.746. The van der Waals surface area contributed by atoms with Crippen LogP contribution in [0.2, 0.25) is 0 Å². The van der Waals surface area contributed by atoms with Gasteiger partial charge in [-0.3, -0.25) is 9.59 Å². The summed E-state index contributed by atoms with van der Waals surface area (Å²) in [5.74, 6) is -1.20. The molecule has 0 aromatic heterocycles. The summed E-state index contributed by atoms with van der Waals surface area (Å²) in [4.78, 5) is 36.8. The molecule has 0 fully saturated rings. The first-order valence-electron chi connectivity index (χ1n) is 7.90. The minimum absolute atomic E-state index is 0.134. The number of rotatable bonds is 5. The molecule has 0 bridgehead atoms. The lowest BCUT2D eigenvalue weighted by Gasteiger charge is -2.27. The molecule has 0 aromatic carbocycles. The summed E-state index contributed by atoms with van der Waals surface area (Å²) >= 11 is 1.15. The number of carbonyl (C=O) groups is 3. The molecule has 6 heteroatoms. The van der Waals surface area contributed by atoms with Crippen molar-refractivity contribution in [2.45, 2.75) is 78.7 Å². The molecule has 0 spiro atoms.